The molecule has 0 amide bonds. The zero-order valence-corrected chi connectivity index (χ0v) is 7.75. The van der Waals surface area contributed by atoms with Gasteiger partial charge in [0.25, 0.3) is 0 Å². The van der Waals surface area contributed by atoms with Crippen LogP contribution in [0.15, 0.2) is 18.5 Å². The Morgan fingerprint density at radius 3 is 2.87 bits per heavy atom. The second-order valence-corrected chi connectivity index (χ2v) is 2.82. The highest BCUT2D eigenvalue weighted by molar-refractivity contribution is 6.06. The third kappa shape index (κ3) is 1.85. The predicted octanol–water partition coefficient (Wildman–Crippen LogP) is -0.0248. The number of hydrogen-bond acceptors (Lipinski definition) is 5. The van der Waals surface area contributed by atoms with Gasteiger partial charge < -0.3 is 0 Å². The number of pyridine rings is 1. The first kappa shape index (κ1) is 9.38. The van der Waals surface area contributed by atoms with E-state index in [-0.39, 0.29) is 11.4 Å². The van der Waals surface area contributed by atoms with Gasteiger partial charge in [0.15, 0.2) is 0 Å². The van der Waals surface area contributed by atoms with Crippen molar-refractivity contribution >= 4 is 5.78 Å². The fraction of sp³-hybridized carbons (Fsp3) is 0.125. The molecule has 0 aliphatic carbocycles. The van der Waals surface area contributed by atoms with Crippen LogP contribution in [0.25, 0.3) is 0 Å². The van der Waals surface area contributed by atoms with Crippen LogP contribution < -0.4 is 0 Å². The number of aromatic nitrogens is 5. The van der Waals surface area contributed by atoms with E-state index in [4.69, 9.17) is 0 Å². The number of carbonyl (C=O) groups excluding carboxylic acids is 1. The molecule has 2 aromatic rings. The van der Waals surface area contributed by atoms with E-state index >= 15 is 0 Å². The largest absolute Gasteiger partial charge is 0.285 e. The summed E-state index contributed by atoms with van der Waals surface area (Å²) in [6.45, 7) is 0. The number of nitrogens with zero attached hydrogens (tertiary/aromatic N) is 5. The Kier molecular flexibility index (Phi) is 2.20. The van der Waals surface area contributed by atoms with Crippen molar-refractivity contribution in [3.05, 3.63) is 35.7 Å². The summed E-state index contributed by atoms with van der Waals surface area (Å²) in [5, 5.41) is 10.7. The molecule has 0 atom stereocenters. The van der Waals surface area contributed by atoms with Gasteiger partial charge in [0.2, 0.25) is 11.6 Å². The number of aryl methyl sites for hydroxylation is 1. The molecule has 0 radical (unpaired) electrons. The van der Waals surface area contributed by atoms with Crippen molar-refractivity contribution in [3.63, 3.8) is 0 Å². The minimum Gasteiger partial charge on any atom is -0.285 e. The Morgan fingerprint density at radius 2 is 2.27 bits per heavy atom. The maximum absolute atomic E-state index is 12.8. The summed E-state index contributed by atoms with van der Waals surface area (Å²) in [5.74, 6) is -1.16. The van der Waals surface area contributed by atoms with Crippen LogP contribution >= 0.6 is 0 Å². The number of rotatable bonds is 2. The Hall–Kier alpha value is -2.18. The van der Waals surface area contributed by atoms with Gasteiger partial charge in [-0.3, -0.25) is 9.78 Å². The van der Waals surface area contributed by atoms with Crippen LogP contribution in [0.3, 0.4) is 0 Å². The van der Waals surface area contributed by atoms with Crippen LogP contribution in [0.4, 0.5) is 4.39 Å². The van der Waals surface area contributed by atoms with E-state index in [9.17, 15) is 9.18 Å². The first-order valence-corrected chi connectivity index (χ1v) is 4.06. The maximum atomic E-state index is 12.8. The maximum Gasteiger partial charge on any atom is 0.245 e. The third-order valence-corrected chi connectivity index (χ3v) is 1.68. The minimum absolute atomic E-state index is 0.0788. The molecule has 0 bridgehead atoms. The van der Waals surface area contributed by atoms with Gasteiger partial charge in [-0.2, -0.15) is 4.80 Å². The summed E-state index contributed by atoms with van der Waals surface area (Å²) < 4.78 is 12.8. The van der Waals surface area contributed by atoms with Crippen molar-refractivity contribution in [2.24, 2.45) is 7.05 Å². The number of ketones is 1. The second kappa shape index (κ2) is 3.52. The van der Waals surface area contributed by atoms with Crippen LogP contribution in [-0.2, 0) is 7.05 Å². The summed E-state index contributed by atoms with van der Waals surface area (Å²) in [5.41, 5.74) is 0.100. The lowest BCUT2D eigenvalue weighted by Gasteiger charge is -1.94. The summed E-state index contributed by atoms with van der Waals surface area (Å²) in [6, 6.07) is 1.08. The van der Waals surface area contributed by atoms with Crippen molar-refractivity contribution in [1.29, 1.82) is 0 Å². The van der Waals surface area contributed by atoms with Gasteiger partial charge in [-0.25, -0.2) is 4.39 Å². The highest BCUT2D eigenvalue weighted by atomic mass is 19.1. The Balaban J connectivity index is 2.36. The normalized spacial score (nSPS) is 10.3. The Bertz CT molecular complexity index is 509. The molecule has 6 nitrogen and oxygen atoms in total. The van der Waals surface area contributed by atoms with Gasteiger partial charge >= 0.3 is 0 Å². The quantitative estimate of drug-likeness (QED) is 0.647. The predicted molar refractivity (Wildman–Crippen MR) is 46.4 cm³/mol. The Morgan fingerprint density at radius 1 is 1.47 bits per heavy atom. The summed E-state index contributed by atoms with van der Waals surface area (Å²) >= 11 is 0. The molecule has 0 aliphatic rings. The molecule has 2 aromatic heterocycles. The van der Waals surface area contributed by atoms with Crippen LogP contribution in [0, 0.1) is 5.82 Å². The SMILES string of the molecule is Cn1nnc(C(=O)c2cncc(F)c2)n1. The van der Waals surface area contributed by atoms with E-state index in [2.05, 4.69) is 20.4 Å². The molecule has 0 fully saturated rings. The summed E-state index contributed by atoms with van der Waals surface area (Å²) in [6.07, 6.45) is 2.27. The van der Waals surface area contributed by atoms with Gasteiger partial charge in [-0.15, -0.1) is 10.2 Å². The number of hydrogen-bond donors (Lipinski definition) is 0. The number of tetrazole rings is 1. The molecular formula is C8H6FN5O. The van der Waals surface area contributed by atoms with E-state index in [1.165, 1.54) is 13.2 Å². The molecule has 15 heavy (non-hydrogen) atoms. The molecule has 0 N–H and O–H groups in total. The topological polar surface area (TPSA) is 73.6 Å². The van der Waals surface area contributed by atoms with Crippen molar-refractivity contribution in [2.45, 2.75) is 0 Å². The lowest BCUT2D eigenvalue weighted by atomic mass is 10.2. The fourth-order valence-corrected chi connectivity index (χ4v) is 1.04. The van der Waals surface area contributed by atoms with Gasteiger partial charge in [0.05, 0.1) is 13.2 Å². The van der Waals surface area contributed by atoms with Crippen molar-refractivity contribution in [2.75, 3.05) is 0 Å². The molecule has 0 aliphatic heterocycles. The highest BCUT2D eigenvalue weighted by Crippen LogP contribution is 2.05. The van der Waals surface area contributed by atoms with Crippen LogP contribution in [0.1, 0.15) is 16.2 Å². The lowest BCUT2D eigenvalue weighted by molar-refractivity contribution is 0.102. The van der Waals surface area contributed by atoms with Crippen molar-refractivity contribution < 1.29 is 9.18 Å². The molecule has 2 heterocycles. The van der Waals surface area contributed by atoms with Gasteiger partial charge in [-0.1, -0.05) is 0 Å². The van der Waals surface area contributed by atoms with Gasteiger partial charge in [0, 0.05) is 11.8 Å². The molecular weight excluding hydrogens is 201 g/mol. The van der Waals surface area contributed by atoms with E-state index in [0.29, 0.717) is 0 Å². The number of carbonyl (C=O) groups is 1. The number of halogens is 1. The molecule has 0 unspecified atom stereocenters. The fourth-order valence-electron chi connectivity index (χ4n) is 1.04. The van der Waals surface area contributed by atoms with Crippen molar-refractivity contribution in [3.8, 4) is 0 Å². The van der Waals surface area contributed by atoms with E-state index in [1.807, 2.05) is 0 Å². The van der Waals surface area contributed by atoms with E-state index in [0.717, 1.165) is 17.1 Å². The first-order chi connectivity index (χ1) is 7.16. The first-order valence-electron chi connectivity index (χ1n) is 4.06. The minimum atomic E-state index is -0.579. The monoisotopic (exact) mass is 207 g/mol. The molecule has 0 saturated carbocycles. The second-order valence-electron chi connectivity index (χ2n) is 2.82. The van der Waals surface area contributed by atoms with Gasteiger partial charge in [0.1, 0.15) is 5.82 Å². The molecule has 76 valence electrons. The van der Waals surface area contributed by atoms with Crippen molar-refractivity contribution in [1.82, 2.24) is 25.2 Å². The van der Waals surface area contributed by atoms with Crippen LogP contribution in [0.2, 0.25) is 0 Å². The molecule has 0 saturated heterocycles. The Labute approximate surface area is 83.7 Å². The smallest absolute Gasteiger partial charge is 0.245 e. The standard InChI is InChI=1S/C8H6FN5O/c1-14-12-8(11-13-14)7(15)5-2-6(9)4-10-3-5/h2-4H,1H3. The average molecular weight is 207 g/mol. The molecule has 2 rings (SSSR count). The summed E-state index contributed by atoms with van der Waals surface area (Å²) in [4.78, 5) is 16.3. The third-order valence-electron chi connectivity index (χ3n) is 1.68. The zero-order chi connectivity index (χ0) is 10.8. The molecule has 0 aromatic carbocycles. The van der Waals surface area contributed by atoms with E-state index < -0.39 is 11.6 Å². The lowest BCUT2D eigenvalue weighted by Crippen LogP contribution is -2.05. The molecule has 0 spiro atoms. The average Bonchev–Trinajstić information content (AvgIpc) is 2.64. The molecule has 7 heteroatoms. The zero-order valence-electron chi connectivity index (χ0n) is 7.75. The highest BCUT2D eigenvalue weighted by Gasteiger charge is 2.15. The van der Waals surface area contributed by atoms with Gasteiger partial charge in [-0.05, 0) is 11.3 Å². The van der Waals surface area contributed by atoms with Crippen LogP contribution in [0.5, 0.6) is 0 Å². The summed E-state index contributed by atoms with van der Waals surface area (Å²) in [7, 11) is 1.54. The van der Waals surface area contributed by atoms with Crippen LogP contribution in [-0.4, -0.2) is 31.0 Å². The van der Waals surface area contributed by atoms with E-state index in [1.54, 1.807) is 0 Å².